The number of amides is 1. The molecule has 154 valence electrons. The van der Waals surface area contributed by atoms with Gasteiger partial charge in [-0.15, -0.1) is 0 Å². The van der Waals surface area contributed by atoms with Gasteiger partial charge in [0.15, 0.2) is 5.60 Å². The molecule has 0 aromatic heterocycles. The zero-order valence-electron chi connectivity index (χ0n) is 15.6. The Kier molecular flexibility index (Phi) is 6.41. The third-order valence-electron chi connectivity index (χ3n) is 5.52. The number of hydrogen-bond donors (Lipinski definition) is 3. The average Bonchev–Trinajstić information content (AvgIpc) is 3.07. The summed E-state index contributed by atoms with van der Waals surface area (Å²) < 4.78 is 39.2. The summed E-state index contributed by atoms with van der Waals surface area (Å²) in [6, 6.07) is 3.88. The molecule has 0 spiro atoms. The number of carbonyl (C=O) groups excluding carboxylic acids is 1. The van der Waals surface area contributed by atoms with E-state index in [9.17, 15) is 23.1 Å². The van der Waals surface area contributed by atoms with Crippen LogP contribution < -0.4 is 10.6 Å². The lowest BCUT2D eigenvalue weighted by Crippen LogP contribution is -2.53. The van der Waals surface area contributed by atoms with E-state index in [0.29, 0.717) is 31.2 Å². The molecule has 1 fully saturated rings. The van der Waals surface area contributed by atoms with Gasteiger partial charge < -0.3 is 15.7 Å². The first-order chi connectivity index (χ1) is 13.1. The van der Waals surface area contributed by atoms with E-state index in [1.54, 1.807) is 0 Å². The molecule has 0 radical (unpaired) electrons. The highest BCUT2D eigenvalue weighted by Crippen LogP contribution is 2.30. The summed E-state index contributed by atoms with van der Waals surface area (Å²) in [6.07, 6.45) is 2.88. The molecule has 4 nitrogen and oxygen atoms in total. The van der Waals surface area contributed by atoms with Crippen molar-refractivity contribution in [1.82, 2.24) is 10.6 Å². The highest BCUT2D eigenvalue weighted by Gasteiger charge is 2.49. The van der Waals surface area contributed by atoms with E-state index < -0.39 is 18.3 Å². The van der Waals surface area contributed by atoms with Crippen molar-refractivity contribution in [3.8, 4) is 0 Å². The Labute approximate surface area is 176 Å². The third-order valence-corrected chi connectivity index (χ3v) is 6.14. The fourth-order valence-corrected chi connectivity index (χ4v) is 4.34. The lowest BCUT2D eigenvalue weighted by Gasteiger charge is -2.33. The zero-order chi connectivity index (χ0) is 20.5. The SMILES string of the molecule is CC(O)(CNC1CCC(NC(=O)c2cc(I)cc3c2CC=C3)CC1)C(F)(F)F. The average molecular weight is 508 g/mol. The Morgan fingerprint density at radius 1 is 1.21 bits per heavy atom. The van der Waals surface area contributed by atoms with Crippen LogP contribution in [0.25, 0.3) is 6.08 Å². The van der Waals surface area contributed by atoms with E-state index in [-0.39, 0.29) is 18.0 Å². The summed E-state index contributed by atoms with van der Waals surface area (Å²) in [5, 5.41) is 15.4. The number of benzene rings is 1. The second kappa shape index (κ2) is 8.31. The van der Waals surface area contributed by atoms with Crippen molar-refractivity contribution in [3.63, 3.8) is 0 Å². The van der Waals surface area contributed by atoms with E-state index in [4.69, 9.17) is 0 Å². The second-order valence-corrected chi connectivity index (χ2v) is 9.05. The Morgan fingerprint density at radius 3 is 2.50 bits per heavy atom. The predicted molar refractivity (Wildman–Crippen MR) is 110 cm³/mol. The maximum atomic E-state index is 12.8. The molecule has 1 aromatic carbocycles. The fraction of sp³-hybridized carbons (Fsp3) is 0.550. The van der Waals surface area contributed by atoms with E-state index in [2.05, 4.69) is 39.3 Å². The highest BCUT2D eigenvalue weighted by atomic mass is 127. The van der Waals surface area contributed by atoms with Crippen LogP contribution in [0.1, 0.15) is 54.1 Å². The standard InChI is InChI=1S/C20H24F3IN2O2/c1-19(28,20(21,22)23)11-25-14-5-7-15(8-6-14)26-18(27)17-10-13(24)9-12-3-2-4-16(12)17/h2-3,9-10,14-15,25,28H,4-8,11H2,1H3,(H,26,27). The number of nitrogens with one attached hydrogen (secondary N) is 2. The third kappa shape index (κ3) is 4.88. The molecule has 0 bridgehead atoms. The normalized spacial score (nSPS) is 23.9. The van der Waals surface area contributed by atoms with Gasteiger partial charge in [0, 0.05) is 27.8 Å². The number of allylic oxidation sites excluding steroid dienone is 1. The van der Waals surface area contributed by atoms with Gasteiger partial charge in [0.2, 0.25) is 0 Å². The molecule has 1 saturated carbocycles. The van der Waals surface area contributed by atoms with Crippen LogP contribution in [0.3, 0.4) is 0 Å². The van der Waals surface area contributed by atoms with Crippen LogP contribution in [0.4, 0.5) is 13.2 Å². The smallest absolute Gasteiger partial charge is 0.380 e. The quantitative estimate of drug-likeness (QED) is 0.531. The van der Waals surface area contributed by atoms with Gasteiger partial charge in [-0.2, -0.15) is 13.2 Å². The maximum Gasteiger partial charge on any atom is 0.418 e. The first-order valence-electron chi connectivity index (χ1n) is 9.39. The summed E-state index contributed by atoms with van der Waals surface area (Å²) in [6.45, 7) is 0.250. The Bertz CT molecular complexity index is 769. The fourth-order valence-electron chi connectivity index (χ4n) is 3.69. The van der Waals surface area contributed by atoms with Gasteiger partial charge in [-0.3, -0.25) is 4.79 Å². The summed E-state index contributed by atoms with van der Waals surface area (Å²) in [5.41, 5.74) is 0.0920. The molecule has 28 heavy (non-hydrogen) atoms. The second-order valence-electron chi connectivity index (χ2n) is 7.80. The minimum atomic E-state index is -4.66. The molecule has 2 aliphatic carbocycles. The van der Waals surface area contributed by atoms with Crippen molar-refractivity contribution in [1.29, 1.82) is 0 Å². The van der Waals surface area contributed by atoms with Crippen LogP contribution in [0, 0.1) is 3.57 Å². The topological polar surface area (TPSA) is 61.4 Å². The van der Waals surface area contributed by atoms with Crippen molar-refractivity contribution in [2.75, 3.05) is 6.54 Å². The van der Waals surface area contributed by atoms with Crippen LogP contribution in [0.2, 0.25) is 0 Å². The van der Waals surface area contributed by atoms with Crippen LogP contribution in [-0.4, -0.2) is 41.4 Å². The molecule has 8 heteroatoms. The monoisotopic (exact) mass is 508 g/mol. The number of aliphatic hydroxyl groups is 1. The molecule has 1 amide bonds. The van der Waals surface area contributed by atoms with Gasteiger partial charge in [0.25, 0.3) is 5.91 Å². The summed E-state index contributed by atoms with van der Waals surface area (Å²) >= 11 is 2.20. The van der Waals surface area contributed by atoms with Crippen LogP contribution >= 0.6 is 22.6 Å². The van der Waals surface area contributed by atoms with Gasteiger partial charge in [-0.05, 0) is 84.9 Å². The maximum absolute atomic E-state index is 12.8. The largest absolute Gasteiger partial charge is 0.418 e. The van der Waals surface area contributed by atoms with E-state index in [0.717, 1.165) is 28.0 Å². The Morgan fingerprint density at radius 2 is 1.86 bits per heavy atom. The molecule has 3 N–H and O–H groups in total. The Balaban J connectivity index is 1.51. The number of fused-ring (bicyclic) bond motifs is 1. The minimum Gasteiger partial charge on any atom is -0.380 e. The lowest BCUT2D eigenvalue weighted by molar-refractivity contribution is -0.250. The van der Waals surface area contributed by atoms with Crippen LogP contribution in [-0.2, 0) is 6.42 Å². The van der Waals surface area contributed by atoms with Crippen molar-refractivity contribution < 1.29 is 23.1 Å². The molecule has 1 unspecified atom stereocenters. The van der Waals surface area contributed by atoms with Gasteiger partial charge in [0.05, 0.1) is 0 Å². The Hall–Kier alpha value is -1.13. The van der Waals surface area contributed by atoms with Crippen LogP contribution in [0.5, 0.6) is 0 Å². The van der Waals surface area contributed by atoms with Crippen LogP contribution in [0.15, 0.2) is 18.2 Å². The van der Waals surface area contributed by atoms with Gasteiger partial charge >= 0.3 is 6.18 Å². The molecule has 0 saturated heterocycles. The van der Waals surface area contributed by atoms with E-state index >= 15 is 0 Å². The first kappa shape index (κ1) is 21.6. The number of rotatable bonds is 5. The number of alkyl halides is 3. The summed E-state index contributed by atoms with van der Waals surface area (Å²) in [4.78, 5) is 12.8. The van der Waals surface area contributed by atoms with Gasteiger partial charge in [0.1, 0.15) is 0 Å². The molecule has 2 aliphatic rings. The van der Waals surface area contributed by atoms with Crippen molar-refractivity contribution in [3.05, 3.63) is 38.5 Å². The summed E-state index contributed by atoms with van der Waals surface area (Å²) in [7, 11) is 0. The molecule has 1 atom stereocenters. The lowest BCUT2D eigenvalue weighted by atomic mass is 9.90. The van der Waals surface area contributed by atoms with Gasteiger partial charge in [-0.25, -0.2) is 0 Å². The number of halogens is 4. The molecule has 1 aromatic rings. The van der Waals surface area contributed by atoms with Gasteiger partial charge in [-0.1, -0.05) is 12.2 Å². The molecular formula is C20H24F3IN2O2. The van der Waals surface area contributed by atoms with Crippen molar-refractivity contribution >= 4 is 34.6 Å². The van der Waals surface area contributed by atoms with Crippen molar-refractivity contribution in [2.24, 2.45) is 0 Å². The zero-order valence-corrected chi connectivity index (χ0v) is 17.7. The number of hydrogen-bond acceptors (Lipinski definition) is 3. The number of carbonyl (C=O) groups is 1. The molecule has 0 aliphatic heterocycles. The minimum absolute atomic E-state index is 0.0107. The predicted octanol–water partition coefficient (Wildman–Crippen LogP) is 3.80. The molecular weight excluding hydrogens is 484 g/mol. The van der Waals surface area contributed by atoms with Crippen molar-refractivity contribution in [2.45, 2.75) is 62.9 Å². The summed E-state index contributed by atoms with van der Waals surface area (Å²) in [5.74, 6) is -0.0881. The highest BCUT2D eigenvalue weighted by molar-refractivity contribution is 14.1. The first-order valence-corrected chi connectivity index (χ1v) is 10.5. The van der Waals surface area contributed by atoms with E-state index in [1.165, 1.54) is 0 Å². The molecule has 3 rings (SSSR count). The molecule has 0 heterocycles. The van der Waals surface area contributed by atoms with E-state index in [1.807, 2.05) is 18.2 Å².